The maximum absolute atomic E-state index is 13.1. The molecule has 0 atom stereocenters. The van der Waals surface area contributed by atoms with Crippen LogP contribution in [-0.4, -0.2) is 10.9 Å². The number of carbonyl (C=O) groups is 1. The molecule has 0 radical (unpaired) electrons. The zero-order valence-electron chi connectivity index (χ0n) is 13.8. The summed E-state index contributed by atoms with van der Waals surface area (Å²) in [5.74, 6) is 0.103. The fourth-order valence-corrected chi connectivity index (χ4v) is 4.75. The standard InChI is InChI=1S/C20H19ClN2OS/c21-15-9-7-14(8-10-15)20(11-3-4-12-20)19(24)22-13-18-23-16-5-1-2-6-17(16)25-18/h1-2,5-10H,3-4,11-13H2,(H,22,24). The summed E-state index contributed by atoms with van der Waals surface area (Å²) in [6.07, 6.45) is 3.94. The Labute approximate surface area is 156 Å². The highest BCUT2D eigenvalue weighted by atomic mass is 35.5. The molecule has 1 saturated carbocycles. The Morgan fingerprint density at radius 1 is 1.12 bits per heavy atom. The van der Waals surface area contributed by atoms with Crippen LogP contribution in [0.25, 0.3) is 10.2 Å². The van der Waals surface area contributed by atoms with Gasteiger partial charge in [0.2, 0.25) is 5.91 Å². The Kier molecular flexibility index (Phi) is 4.48. The smallest absolute Gasteiger partial charge is 0.231 e. The number of aromatic nitrogens is 1. The number of nitrogens with zero attached hydrogens (tertiary/aromatic N) is 1. The topological polar surface area (TPSA) is 42.0 Å². The molecule has 1 aromatic heterocycles. The monoisotopic (exact) mass is 370 g/mol. The molecule has 1 aliphatic rings. The Bertz CT molecular complexity index is 864. The largest absolute Gasteiger partial charge is 0.349 e. The van der Waals surface area contributed by atoms with E-state index in [1.807, 2.05) is 42.5 Å². The summed E-state index contributed by atoms with van der Waals surface area (Å²) in [4.78, 5) is 17.7. The summed E-state index contributed by atoms with van der Waals surface area (Å²) in [5, 5.41) is 4.78. The Balaban J connectivity index is 1.54. The summed E-state index contributed by atoms with van der Waals surface area (Å²) < 4.78 is 1.15. The minimum absolute atomic E-state index is 0.103. The average Bonchev–Trinajstić information content (AvgIpc) is 3.27. The van der Waals surface area contributed by atoms with Gasteiger partial charge in [-0.3, -0.25) is 4.79 Å². The molecule has 0 aliphatic heterocycles. The van der Waals surface area contributed by atoms with Gasteiger partial charge in [0.05, 0.1) is 22.2 Å². The second-order valence-electron chi connectivity index (χ2n) is 6.55. The van der Waals surface area contributed by atoms with Crippen LogP contribution in [0.3, 0.4) is 0 Å². The number of rotatable bonds is 4. The van der Waals surface area contributed by atoms with Crippen molar-refractivity contribution in [3.8, 4) is 0 Å². The molecule has 5 heteroatoms. The maximum Gasteiger partial charge on any atom is 0.231 e. The fraction of sp³-hybridized carbons (Fsp3) is 0.300. The third-order valence-corrected chi connectivity index (χ3v) is 6.32. The molecular weight excluding hydrogens is 352 g/mol. The zero-order chi connectivity index (χ0) is 17.3. The normalized spacial score (nSPS) is 16.2. The van der Waals surface area contributed by atoms with Crippen molar-refractivity contribution < 1.29 is 4.79 Å². The van der Waals surface area contributed by atoms with Gasteiger partial charge >= 0.3 is 0 Å². The second-order valence-corrected chi connectivity index (χ2v) is 8.11. The average molecular weight is 371 g/mol. The van der Waals surface area contributed by atoms with Gasteiger partial charge in [0, 0.05) is 5.02 Å². The Hall–Kier alpha value is -1.91. The molecule has 4 rings (SSSR count). The van der Waals surface area contributed by atoms with E-state index in [-0.39, 0.29) is 5.91 Å². The van der Waals surface area contributed by atoms with Gasteiger partial charge in [-0.15, -0.1) is 11.3 Å². The third-order valence-electron chi connectivity index (χ3n) is 5.03. The van der Waals surface area contributed by atoms with Crippen molar-refractivity contribution in [2.24, 2.45) is 0 Å². The quantitative estimate of drug-likeness (QED) is 0.696. The van der Waals surface area contributed by atoms with E-state index < -0.39 is 5.41 Å². The summed E-state index contributed by atoms with van der Waals surface area (Å²) in [6.45, 7) is 0.480. The van der Waals surface area contributed by atoms with Crippen molar-refractivity contribution in [2.45, 2.75) is 37.6 Å². The number of halogens is 1. The lowest BCUT2D eigenvalue weighted by molar-refractivity contribution is -0.126. The number of hydrogen-bond donors (Lipinski definition) is 1. The minimum Gasteiger partial charge on any atom is -0.349 e. The second kappa shape index (κ2) is 6.77. The molecule has 1 aliphatic carbocycles. The van der Waals surface area contributed by atoms with Crippen LogP contribution < -0.4 is 5.32 Å². The van der Waals surface area contributed by atoms with Crippen molar-refractivity contribution >= 4 is 39.1 Å². The van der Waals surface area contributed by atoms with E-state index in [1.165, 1.54) is 0 Å². The van der Waals surface area contributed by atoms with E-state index in [0.717, 1.165) is 46.5 Å². The van der Waals surface area contributed by atoms with Gasteiger partial charge in [-0.2, -0.15) is 0 Å². The fourth-order valence-electron chi connectivity index (χ4n) is 3.71. The number of hydrogen-bond acceptors (Lipinski definition) is 3. The first kappa shape index (κ1) is 16.6. The van der Waals surface area contributed by atoms with Gasteiger partial charge < -0.3 is 5.32 Å². The molecule has 1 N–H and O–H groups in total. The molecular formula is C20H19ClN2OS. The van der Waals surface area contributed by atoms with Crippen LogP contribution in [-0.2, 0) is 16.8 Å². The number of benzene rings is 2. The molecule has 3 aromatic rings. The number of carbonyl (C=O) groups excluding carboxylic acids is 1. The molecule has 0 bridgehead atoms. The summed E-state index contributed by atoms with van der Waals surface area (Å²) >= 11 is 7.65. The highest BCUT2D eigenvalue weighted by Crippen LogP contribution is 2.41. The molecule has 128 valence electrons. The van der Waals surface area contributed by atoms with Crippen molar-refractivity contribution in [1.82, 2.24) is 10.3 Å². The van der Waals surface area contributed by atoms with Gasteiger partial charge in [-0.25, -0.2) is 4.98 Å². The molecule has 0 spiro atoms. The van der Waals surface area contributed by atoms with E-state index >= 15 is 0 Å². The molecule has 25 heavy (non-hydrogen) atoms. The molecule has 1 amide bonds. The Morgan fingerprint density at radius 3 is 2.56 bits per heavy atom. The van der Waals surface area contributed by atoms with Crippen molar-refractivity contribution in [1.29, 1.82) is 0 Å². The van der Waals surface area contributed by atoms with E-state index in [4.69, 9.17) is 11.6 Å². The molecule has 0 saturated heterocycles. The van der Waals surface area contributed by atoms with E-state index in [0.29, 0.717) is 11.6 Å². The van der Waals surface area contributed by atoms with Gasteiger partial charge in [0.1, 0.15) is 5.01 Å². The number of fused-ring (bicyclic) bond motifs is 1. The SMILES string of the molecule is O=C(NCc1nc2ccccc2s1)C1(c2ccc(Cl)cc2)CCCC1. The van der Waals surface area contributed by atoms with Gasteiger partial charge in [-0.1, -0.05) is 48.7 Å². The van der Waals surface area contributed by atoms with Crippen molar-refractivity contribution in [2.75, 3.05) is 0 Å². The predicted octanol–water partition coefficient (Wildman–Crippen LogP) is 5.08. The van der Waals surface area contributed by atoms with Crippen molar-refractivity contribution in [3.63, 3.8) is 0 Å². The van der Waals surface area contributed by atoms with Crippen LogP contribution in [0, 0.1) is 0 Å². The molecule has 0 unspecified atom stereocenters. The highest BCUT2D eigenvalue weighted by Gasteiger charge is 2.42. The van der Waals surface area contributed by atoms with Crippen LogP contribution in [0.5, 0.6) is 0 Å². The molecule has 2 aromatic carbocycles. The first-order chi connectivity index (χ1) is 12.2. The van der Waals surface area contributed by atoms with Crippen LogP contribution in [0.1, 0.15) is 36.3 Å². The highest BCUT2D eigenvalue weighted by molar-refractivity contribution is 7.18. The lowest BCUT2D eigenvalue weighted by atomic mass is 9.78. The summed E-state index contributed by atoms with van der Waals surface area (Å²) in [7, 11) is 0. The summed E-state index contributed by atoms with van der Waals surface area (Å²) in [5.41, 5.74) is 1.63. The predicted molar refractivity (Wildman–Crippen MR) is 103 cm³/mol. The lowest BCUT2D eigenvalue weighted by Gasteiger charge is -2.28. The van der Waals surface area contributed by atoms with Gasteiger partial charge in [-0.05, 0) is 42.7 Å². The van der Waals surface area contributed by atoms with Crippen LogP contribution >= 0.6 is 22.9 Å². The molecule has 3 nitrogen and oxygen atoms in total. The van der Waals surface area contributed by atoms with E-state index in [1.54, 1.807) is 11.3 Å². The van der Waals surface area contributed by atoms with E-state index in [2.05, 4.69) is 16.4 Å². The summed E-state index contributed by atoms with van der Waals surface area (Å²) in [6, 6.07) is 15.8. The van der Waals surface area contributed by atoms with Crippen molar-refractivity contribution in [3.05, 3.63) is 64.1 Å². The first-order valence-corrected chi connectivity index (χ1v) is 9.76. The number of nitrogens with one attached hydrogen (secondary N) is 1. The number of thiazole rings is 1. The Morgan fingerprint density at radius 2 is 1.84 bits per heavy atom. The van der Waals surface area contributed by atoms with Crippen LogP contribution in [0.15, 0.2) is 48.5 Å². The van der Waals surface area contributed by atoms with E-state index in [9.17, 15) is 4.79 Å². The number of para-hydroxylation sites is 1. The van der Waals surface area contributed by atoms with Gasteiger partial charge in [0.15, 0.2) is 0 Å². The maximum atomic E-state index is 13.1. The molecule has 1 heterocycles. The van der Waals surface area contributed by atoms with Crippen LogP contribution in [0.4, 0.5) is 0 Å². The minimum atomic E-state index is -0.429. The van der Waals surface area contributed by atoms with Gasteiger partial charge in [0.25, 0.3) is 0 Å². The first-order valence-electron chi connectivity index (χ1n) is 8.56. The molecule has 1 fully saturated rings. The number of amides is 1. The van der Waals surface area contributed by atoms with Crippen LogP contribution in [0.2, 0.25) is 5.02 Å². The zero-order valence-corrected chi connectivity index (χ0v) is 15.4. The third kappa shape index (κ3) is 3.16. The lowest BCUT2D eigenvalue weighted by Crippen LogP contribution is -2.42.